The van der Waals surface area contributed by atoms with E-state index in [-0.39, 0.29) is 5.75 Å². The molecular formula is C13H11ClFNO. The topological polar surface area (TPSA) is 22.1 Å². The molecular weight excluding hydrogens is 241 g/mol. The molecule has 0 saturated heterocycles. The molecule has 0 amide bonds. The quantitative estimate of drug-likeness (QED) is 0.768. The first kappa shape index (κ1) is 11.9. The van der Waals surface area contributed by atoms with Crippen molar-refractivity contribution in [2.24, 2.45) is 0 Å². The molecule has 2 rings (SSSR count). The molecule has 0 spiro atoms. The molecule has 0 bridgehead atoms. The Bertz CT molecular complexity index is 531. The molecule has 0 fully saturated rings. The highest BCUT2D eigenvalue weighted by Gasteiger charge is 2.06. The highest BCUT2D eigenvalue weighted by atomic mass is 35.5. The van der Waals surface area contributed by atoms with Gasteiger partial charge in [0.05, 0.1) is 0 Å². The standard InChI is InChI=1S/C13H11ClFNO/c1-9-10(8-14)6-7-13(16-9)17-12-5-3-2-4-11(12)15/h2-7H,8H2,1H3. The van der Waals surface area contributed by atoms with Crippen molar-refractivity contribution >= 4 is 11.6 Å². The number of hydrogen-bond acceptors (Lipinski definition) is 2. The van der Waals surface area contributed by atoms with Gasteiger partial charge >= 0.3 is 0 Å². The van der Waals surface area contributed by atoms with Crippen LogP contribution >= 0.6 is 11.6 Å². The normalized spacial score (nSPS) is 10.3. The summed E-state index contributed by atoms with van der Waals surface area (Å²) < 4.78 is 18.7. The summed E-state index contributed by atoms with van der Waals surface area (Å²) in [4.78, 5) is 4.21. The molecule has 17 heavy (non-hydrogen) atoms. The van der Waals surface area contributed by atoms with Crippen molar-refractivity contribution in [2.75, 3.05) is 0 Å². The minimum absolute atomic E-state index is 0.165. The summed E-state index contributed by atoms with van der Waals surface area (Å²) >= 11 is 5.73. The number of aromatic nitrogens is 1. The lowest BCUT2D eigenvalue weighted by molar-refractivity contribution is 0.426. The van der Waals surface area contributed by atoms with Crippen LogP contribution in [-0.4, -0.2) is 4.98 Å². The van der Waals surface area contributed by atoms with Crippen molar-refractivity contribution in [3.8, 4) is 11.6 Å². The molecule has 1 aromatic carbocycles. The molecule has 1 heterocycles. The third kappa shape index (κ3) is 2.74. The first-order valence-electron chi connectivity index (χ1n) is 5.15. The van der Waals surface area contributed by atoms with Gasteiger partial charge in [0.15, 0.2) is 11.6 Å². The zero-order valence-corrected chi connectivity index (χ0v) is 10.0. The van der Waals surface area contributed by atoms with Crippen molar-refractivity contribution in [1.82, 2.24) is 4.98 Å². The van der Waals surface area contributed by atoms with E-state index in [1.54, 1.807) is 24.3 Å². The Balaban J connectivity index is 2.25. The van der Waals surface area contributed by atoms with Crippen LogP contribution in [0, 0.1) is 12.7 Å². The lowest BCUT2D eigenvalue weighted by Crippen LogP contribution is -1.95. The van der Waals surface area contributed by atoms with Gasteiger partial charge in [-0.2, -0.15) is 0 Å². The van der Waals surface area contributed by atoms with E-state index in [9.17, 15) is 4.39 Å². The van der Waals surface area contributed by atoms with Gasteiger partial charge in [-0.15, -0.1) is 11.6 Å². The predicted octanol–water partition coefficient (Wildman–Crippen LogP) is 4.06. The molecule has 0 N–H and O–H groups in total. The first-order chi connectivity index (χ1) is 8.20. The Kier molecular flexibility index (Phi) is 3.59. The molecule has 0 aliphatic carbocycles. The van der Waals surface area contributed by atoms with Crippen LogP contribution in [0.25, 0.3) is 0 Å². The fourth-order valence-electron chi connectivity index (χ4n) is 1.41. The van der Waals surface area contributed by atoms with Crippen molar-refractivity contribution < 1.29 is 9.13 Å². The zero-order valence-electron chi connectivity index (χ0n) is 9.28. The number of aryl methyl sites for hydroxylation is 1. The van der Waals surface area contributed by atoms with Gasteiger partial charge in [-0.3, -0.25) is 0 Å². The maximum atomic E-state index is 13.3. The summed E-state index contributed by atoms with van der Waals surface area (Å²) in [5.74, 6) is 0.520. The maximum absolute atomic E-state index is 13.3. The Morgan fingerprint density at radius 2 is 2.00 bits per heavy atom. The summed E-state index contributed by atoms with van der Waals surface area (Å²) in [5, 5.41) is 0. The highest BCUT2D eigenvalue weighted by molar-refractivity contribution is 6.17. The monoisotopic (exact) mass is 251 g/mol. The minimum Gasteiger partial charge on any atom is -0.436 e. The van der Waals surface area contributed by atoms with Crippen LogP contribution in [0.5, 0.6) is 11.6 Å². The van der Waals surface area contributed by atoms with Crippen LogP contribution in [0.2, 0.25) is 0 Å². The van der Waals surface area contributed by atoms with Gasteiger partial charge in [0.25, 0.3) is 0 Å². The van der Waals surface area contributed by atoms with Gasteiger partial charge in [0, 0.05) is 17.6 Å². The second kappa shape index (κ2) is 5.15. The fraction of sp³-hybridized carbons (Fsp3) is 0.154. The van der Waals surface area contributed by atoms with Gasteiger partial charge in [0.2, 0.25) is 5.88 Å². The molecule has 4 heteroatoms. The van der Waals surface area contributed by atoms with E-state index in [1.165, 1.54) is 6.07 Å². The number of alkyl halides is 1. The van der Waals surface area contributed by atoms with E-state index >= 15 is 0 Å². The van der Waals surface area contributed by atoms with Crippen LogP contribution < -0.4 is 4.74 Å². The molecule has 88 valence electrons. The number of halogens is 2. The summed E-state index contributed by atoms with van der Waals surface area (Å²) in [5.41, 5.74) is 1.72. The number of para-hydroxylation sites is 1. The van der Waals surface area contributed by atoms with E-state index in [1.807, 2.05) is 13.0 Å². The van der Waals surface area contributed by atoms with E-state index in [0.717, 1.165) is 11.3 Å². The number of rotatable bonds is 3. The second-order valence-electron chi connectivity index (χ2n) is 3.56. The maximum Gasteiger partial charge on any atom is 0.219 e. The Hall–Kier alpha value is -1.61. The van der Waals surface area contributed by atoms with Crippen LogP contribution in [0.1, 0.15) is 11.3 Å². The molecule has 0 aliphatic heterocycles. The summed E-state index contributed by atoms with van der Waals surface area (Å²) in [7, 11) is 0. The summed E-state index contributed by atoms with van der Waals surface area (Å²) in [6, 6.07) is 9.72. The first-order valence-corrected chi connectivity index (χ1v) is 5.69. The third-order valence-electron chi connectivity index (χ3n) is 2.36. The predicted molar refractivity (Wildman–Crippen MR) is 65.0 cm³/mol. The molecule has 0 saturated carbocycles. The van der Waals surface area contributed by atoms with Gasteiger partial charge in [-0.1, -0.05) is 18.2 Å². The number of ether oxygens (including phenoxy) is 1. The molecule has 1 aromatic heterocycles. The Morgan fingerprint density at radius 3 is 2.65 bits per heavy atom. The molecule has 2 nitrogen and oxygen atoms in total. The smallest absolute Gasteiger partial charge is 0.219 e. The van der Waals surface area contributed by atoms with Gasteiger partial charge in [-0.25, -0.2) is 9.37 Å². The lowest BCUT2D eigenvalue weighted by atomic mass is 10.2. The molecule has 0 radical (unpaired) electrons. The SMILES string of the molecule is Cc1nc(Oc2ccccc2F)ccc1CCl. The molecule has 0 aliphatic rings. The number of hydrogen-bond donors (Lipinski definition) is 0. The van der Waals surface area contributed by atoms with Crippen molar-refractivity contribution in [3.63, 3.8) is 0 Å². The van der Waals surface area contributed by atoms with Gasteiger partial charge < -0.3 is 4.74 Å². The van der Waals surface area contributed by atoms with E-state index in [0.29, 0.717) is 11.8 Å². The number of pyridine rings is 1. The number of nitrogens with zero attached hydrogens (tertiary/aromatic N) is 1. The molecule has 0 unspecified atom stereocenters. The molecule has 0 atom stereocenters. The second-order valence-corrected chi connectivity index (χ2v) is 3.83. The van der Waals surface area contributed by atoms with Crippen LogP contribution in [0.3, 0.4) is 0 Å². The average Bonchev–Trinajstić information content (AvgIpc) is 2.32. The highest BCUT2D eigenvalue weighted by Crippen LogP contribution is 2.23. The van der Waals surface area contributed by atoms with Crippen molar-refractivity contribution in [3.05, 3.63) is 53.5 Å². The fourth-order valence-corrected chi connectivity index (χ4v) is 1.69. The molecule has 2 aromatic rings. The number of benzene rings is 1. The van der Waals surface area contributed by atoms with E-state index in [2.05, 4.69) is 4.98 Å². The zero-order chi connectivity index (χ0) is 12.3. The summed E-state index contributed by atoms with van der Waals surface area (Å²) in [6.45, 7) is 1.84. The largest absolute Gasteiger partial charge is 0.436 e. The van der Waals surface area contributed by atoms with Gasteiger partial charge in [-0.05, 0) is 24.6 Å². The van der Waals surface area contributed by atoms with Crippen LogP contribution in [-0.2, 0) is 5.88 Å². The third-order valence-corrected chi connectivity index (χ3v) is 2.65. The van der Waals surface area contributed by atoms with Crippen LogP contribution in [0.4, 0.5) is 4.39 Å². The van der Waals surface area contributed by atoms with Crippen molar-refractivity contribution in [1.29, 1.82) is 0 Å². The Morgan fingerprint density at radius 1 is 1.24 bits per heavy atom. The summed E-state index contributed by atoms with van der Waals surface area (Å²) in [6.07, 6.45) is 0. The Labute approximate surface area is 104 Å². The van der Waals surface area contributed by atoms with Crippen molar-refractivity contribution in [2.45, 2.75) is 12.8 Å². The minimum atomic E-state index is -0.409. The van der Waals surface area contributed by atoms with Crippen LogP contribution in [0.15, 0.2) is 36.4 Å². The van der Waals surface area contributed by atoms with E-state index < -0.39 is 5.82 Å². The van der Waals surface area contributed by atoms with Gasteiger partial charge in [0.1, 0.15) is 0 Å². The lowest BCUT2D eigenvalue weighted by Gasteiger charge is -2.07. The van der Waals surface area contributed by atoms with E-state index in [4.69, 9.17) is 16.3 Å². The average molecular weight is 252 g/mol.